The van der Waals surface area contributed by atoms with Gasteiger partial charge in [0.15, 0.2) is 11.5 Å². The Hall–Kier alpha value is -3.45. The van der Waals surface area contributed by atoms with Crippen molar-refractivity contribution in [3.05, 3.63) is 89.1 Å². The number of carbonyl (C=O) groups excluding carboxylic acids is 1. The van der Waals surface area contributed by atoms with Gasteiger partial charge in [-0.3, -0.25) is 9.48 Å². The Morgan fingerprint density at radius 1 is 1.18 bits per heavy atom. The molecule has 2 aromatic carbocycles. The third-order valence-electron chi connectivity index (χ3n) is 4.05. The Morgan fingerprint density at radius 2 is 1.96 bits per heavy atom. The lowest BCUT2D eigenvalue weighted by Gasteiger charge is -2.03. The first-order chi connectivity index (χ1) is 13.6. The average Bonchev–Trinajstić information content (AvgIpc) is 3.34. The van der Waals surface area contributed by atoms with E-state index in [9.17, 15) is 9.18 Å². The summed E-state index contributed by atoms with van der Waals surface area (Å²) in [6, 6.07) is 15.0. The molecule has 28 heavy (non-hydrogen) atoms. The van der Waals surface area contributed by atoms with Crippen LogP contribution in [-0.2, 0) is 6.54 Å². The molecule has 0 saturated heterocycles. The fourth-order valence-corrected chi connectivity index (χ4v) is 2.77. The smallest absolute Gasteiger partial charge is 0.277 e. The minimum absolute atomic E-state index is 0.131. The second-order valence-corrected chi connectivity index (χ2v) is 6.49. The number of hydrogen-bond acceptors (Lipinski definition) is 4. The second kappa shape index (κ2) is 7.66. The molecule has 0 aliphatic heterocycles. The molecule has 140 valence electrons. The fraction of sp³-hybridized carbons (Fsp3) is 0.0500. The zero-order valence-electron chi connectivity index (χ0n) is 14.5. The van der Waals surface area contributed by atoms with Crippen LogP contribution in [0.2, 0.25) is 5.02 Å². The van der Waals surface area contributed by atoms with Gasteiger partial charge in [0, 0.05) is 28.4 Å². The van der Waals surface area contributed by atoms with Gasteiger partial charge in [0.05, 0.1) is 18.4 Å². The molecule has 0 spiro atoms. The van der Waals surface area contributed by atoms with Crippen molar-refractivity contribution >= 4 is 23.2 Å². The maximum Gasteiger partial charge on any atom is 0.277 e. The van der Waals surface area contributed by atoms with Gasteiger partial charge < -0.3 is 9.84 Å². The second-order valence-electron chi connectivity index (χ2n) is 6.06. The van der Waals surface area contributed by atoms with Crippen molar-refractivity contribution in [3.8, 4) is 11.3 Å². The van der Waals surface area contributed by atoms with Crippen LogP contribution in [0.3, 0.4) is 0 Å². The molecular formula is C20H14ClFN4O2. The number of nitrogens with one attached hydrogen (secondary N) is 1. The van der Waals surface area contributed by atoms with E-state index in [1.807, 2.05) is 0 Å². The number of halogens is 2. The zero-order valence-corrected chi connectivity index (χ0v) is 15.2. The summed E-state index contributed by atoms with van der Waals surface area (Å²) in [7, 11) is 0. The minimum atomic E-state index is -0.436. The summed E-state index contributed by atoms with van der Waals surface area (Å²) in [6.45, 7) is 0.257. The average molecular weight is 397 g/mol. The van der Waals surface area contributed by atoms with Crippen molar-refractivity contribution in [1.82, 2.24) is 14.9 Å². The summed E-state index contributed by atoms with van der Waals surface area (Å²) in [5, 5.41) is 11.2. The highest BCUT2D eigenvalue weighted by Crippen LogP contribution is 2.22. The molecule has 2 heterocycles. The van der Waals surface area contributed by atoms with Gasteiger partial charge in [-0.1, -0.05) is 35.0 Å². The van der Waals surface area contributed by atoms with Crippen LogP contribution in [0.15, 0.2) is 71.5 Å². The highest BCUT2D eigenvalue weighted by atomic mass is 35.5. The van der Waals surface area contributed by atoms with Gasteiger partial charge in [-0.2, -0.15) is 5.10 Å². The lowest BCUT2D eigenvalue weighted by molar-refractivity contribution is 0.101. The summed E-state index contributed by atoms with van der Waals surface area (Å²) in [4.78, 5) is 12.4. The number of hydrogen-bond donors (Lipinski definition) is 1. The zero-order chi connectivity index (χ0) is 19.5. The first-order valence-electron chi connectivity index (χ1n) is 8.38. The molecule has 4 aromatic rings. The third kappa shape index (κ3) is 3.94. The van der Waals surface area contributed by atoms with Crippen LogP contribution in [-0.4, -0.2) is 20.8 Å². The number of nitrogens with zero attached hydrogens (tertiary/aromatic N) is 3. The molecule has 0 atom stereocenters. The van der Waals surface area contributed by atoms with E-state index >= 15 is 0 Å². The molecule has 2 aromatic heterocycles. The van der Waals surface area contributed by atoms with E-state index in [0.29, 0.717) is 22.0 Å². The number of rotatable bonds is 5. The highest BCUT2D eigenvalue weighted by molar-refractivity contribution is 6.30. The first kappa shape index (κ1) is 17.9. The molecule has 1 amide bonds. The van der Waals surface area contributed by atoms with E-state index in [1.165, 1.54) is 16.9 Å². The van der Waals surface area contributed by atoms with Crippen molar-refractivity contribution in [1.29, 1.82) is 0 Å². The lowest BCUT2D eigenvalue weighted by Crippen LogP contribution is -2.11. The topological polar surface area (TPSA) is 73.0 Å². The van der Waals surface area contributed by atoms with Gasteiger partial charge in [-0.15, -0.1) is 0 Å². The number of anilines is 1. The fourth-order valence-electron chi connectivity index (χ4n) is 2.64. The van der Waals surface area contributed by atoms with E-state index in [0.717, 1.165) is 5.56 Å². The Balaban J connectivity index is 1.44. The van der Waals surface area contributed by atoms with Gasteiger partial charge in [0.2, 0.25) is 0 Å². The normalized spacial score (nSPS) is 10.8. The molecule has 6 nitrogen and oxygen atoms in total. The molecule has 4 rings (SSSR count). The van der Waals surface area contributed by atoms with Crippen LogP contribution in [0.1, 0.15) is 16.1 Å². The van der Waals surface area contributed by atoms with Crippen LogP contribution in [0.4, 0.5) is 10.1 Å². The molecule has 1 N–H and O–H groups in total. The van der Waals surface area contributed by atoms with Gasteiger partial charge in [0.25, 0.3) is 5.91 Å². The van der Waals surface area contributed by atoms with E-state index in [2.05, 4.69) is 15.6 Å². The van der Waals surface area contributed by atoms with Crippen molar-refractivity contribution in [2.45, 2.75) is 6.54 Å². The lowest BCUT2D eigenvalue weighted by atomic mass is 10.1. The largest absolute Gasteiger partial charge is 0.355 e. The number of benzene rings is 2. The molecule has 0 fully saturated rings. The van der Waals surface area contributed by atoms with E-state index in [1.54, 1.807) is 54.7 Å². The number of amides is 1. The van der Waals surface area contributed by atoms with Crippen LogP contribution in [0, 0.1) is 5.82 Å². The molecular weight excluding hydrogens is 383 g/mol. The predicted octanol–water partition coefficient (Wildman–Crippen LogP) is 4.63. The molecule has 8 heteroatoms. The van der Waals surface area contributed by atoms with Crippen LogP contribution >= 0.6 is 11.6 Å². The summed E-state index contributed by atoms with van der Waals surface area (Å²) in [6.07, 6.45) is 3.10. The van der Waals surface area contributed by atoms with Crippen molar-refractivity contribution in [3.63, 3.8) is 0 Å². The molecule has 0 saturated carbocycles. The molecule has 0 radical (unpaired) electrons. The maximum atomic E-state index is 13.7. The molecule has 0 unspecified atom stereocenters. The minimum Gasteiger partial charge on any atom is -0.355 e. The summed E-state index contributed by atoms with van der Waals surface area (Å²) in [5.74, 6) is -0.285. The highest BCUT2D eigenvalue weighted by Gasteiger charge is 2.15. The van der Waals surface area contributed by atoms with Crippen molar-refractivity contribution in [2.24, 2.45) is 0 Å². The summed E-state index contributed by atoms with van der Waals surface area (Å²) < 4.78 is 20.5. The Kier molecular flexibility index (Phi) is 4.90. The molecule has 0 aliphatic carbocycles. The summed E-state index contributed by atoms with van der Waals surface area (Å²) in [5.41, 5.74) is 1.87. The SMILES string of the molecule is O=C(Nc1cnn(Cc2ccccc2F)c1)c1cc(-c2ccc(Cl)cc2)on1. The Bertz CT molecular complexity index is 1120. The maximum absolute atomic E-state index is 13.7. The van der Waals surface area contributed by atoms with Crippen LogP contribution < -0.4 is 5.32 Å². The van der Waals surface area contributed by atoms with Gasteiger partial charge in [-0.25, -0.2) is 4.39 Å². The first-order valence-corrected chi connectivity index (χ1v) is 8.76. The van der Waals surface area contributed by atoms with Gasteiger partial charge in [-0.05, 0) is 30.3 Å². The van der Waals surface area contributed by atoms with Gasteiger partial charge >= 0.3 is 0 Å². The number of carbonyl (C=O) groups is 1. The van der Waals surface area contributed by atoms with Crippen LogP contribution in [0.5, 0.6) is 0 Å². The van der Waals surface area contributed by atoms with Crippen molar-refractivity contribution in [2.75, 3.05) is 5.32 Å². The predicted molar refractivity (Wildman–Crippen MR) is 103 cm³/mol. The Morgan fingerprint density at radius 3 is 2.75 bits per heavy atom. The monoisotopic (exact) mass is 396 g/mol. The van der Waals surface area contributed by atoms with E-state index in [-0.39, 0.29) is 18.1 Å². The molecule has 0 bridgehead atoms. The van der Waals surface area contributed by atoms with E-state index < -0.39 is 5.91 Å². The Labute approximate surface area is 164 Å². The molecule has 0 aliphatic rings. The third-order valence-corrected chi connectivity index (χ3v) is 4.30. The standard InChI is InChI=1S/C20H14ClFN4O2/c21-15-7-5-13(6-8-15)19-9-18(25-28-19)20(27)24-16-10-23-26(12-16)11-14-3-1-2-4-17(14)22/h1-10,12H,11H2,(H,24,27). The van der Waals surface area contributed by atoms with Crippen molar-refractivity contribution < 1.29 is 13.7 Å². The number of aromatic nitrogens is 3. The van der Waals surface area contributed by atoms with Crippen LogP contribution in [0.25, 0.3) is 11.3 Å². The van der Waals surface area contributed by atoms with E-state index in [4.69, 9.17) is 16.1 Å². The summed E-state index contributed by atoms with van der Waals surface area (Å²) >= 11 is 5.87. The van der Waals surface area contributed by atoms with Gasteiger partial charge in [0.1, 0.15) is 5.82 Å². The quantitative estimate of drug-likeness (QED) is 0.533.